The number of ether oxygens (including phenoxy) is 3. The van der Waals surface area contributed by atoms with Gasteiger partial charge in [-0.3, -0.25) is 4.79 Å². The molecular weight excluding hydrogens is 553 g/mol. The molecule has 12 heteroatoms. The summed E-state index contributed by atoms with van der Waals surface area (Å²) in [6.07, 6.45) is 0.423. The van der Waals surface area contributed by atoms with Gasteiger partial charge in [-0.05, 0) is 41.5 Å². The summed E-state index contributed by atoms with van der Waals surface area (Å²) >= 11 is 0. The number of morpholine rings is 1. The molecule has 0 unspecified atom stereocenters. The van der Waals surface area contributed by atoms with Gasteiger partial charge in [-0.1, -0.05) is 42.5 Å². The first kappa shape index (κ1) is 28.4. The van der Waals surface area contributed by atoms with E-state index in [2.05, 4.69) is 5.10 Å². The second-order valence-corrected chi connectivity index (χ2v) is 11.3. The maximum absolute atomic E-state index is 14.6. The first-order chi connectivity index (χ1) is 19.8. The molecule has 2 aliphatic heterocycles. The van der Waals surface area contributed by atoms with E-state index in [9.17, 15) is 22.4 Å². The molecule has 1 amide bonds. The van der Waals surface area contributed by atoms with Crippen molar-refractivity contribution >= 4 is 27.6 Å². The molecule has 214 valence electrons. The van der Waals surface area contributed by atoms with Gasteiger partial charge in [0, 0.05) is 19.5 Å². The smallest absolute Gasteiger partial charge is 0.341 e. The van der Waals surface area contributed by atoms with Gasteiger partial charge in [0.25, 0.3) is 5.91 Å². The Labute approximate surface area is 237 Å². The second kappa shape index (κ2) is 12.2. The number of hydrazone groups is 1. The summed E-state index contributed by atoms with van der Waals surface area (Å²) in [5.41, 5.74) is 1.73. The van der Waals surface area contributed by atoms with Gasteiger partial charge < -0.3 is 14.2 Å². The van der Waals surface area contributed by atoms with Crippen LogP contribution < -0.4 is 4.74 Å². The maximum Gasteiger partial charge on any atom is 0.341 e. The first-order valence-corrected chi connectivity index (χ1v) is 14.4. The Balaban J connectivity index is 1.34. The van der Waals surface area contributed by atoms with Crippen LogP contribution in [0.2, 0.25) is 0 Å². The fourth-order valence-electron chi connectivity index (χ4n) is 4.66. The van der Waals surface area contributed by atoms with Crippen LogP contribution in [0.5, 0.6) is 5.75 Å². The van der Waals surface area contributed by atoms with Crippen LogP contribution in [-0.4, -0.2) is 75.3 Å². The van der Waals surface area contributed by atoms with E-state index < -0.39 is 45.9 Å². The number of carbonyl (C=O) groups is 2. The summed E-state index contributed by atoms with van der Waals surface area (Å²) in [6.45, 7) is 0.0339. The third-order valence-electron chi connectivity index (χ3n) is 6.87. The lowest BCUT2D eigenvalue weighted by Gasteiger charge is -2.26. The summed E-state index contributed by atoms with van der Waals surface area (Å²) in [5.74, 6) is -2.10. The van der Waals surface area contributed by atoms with Crippen LogP contribution in [0.3, 0.4) is 0 Å². The zero-order valence-electron chi connectivity index (χ0n) is 22.2. The fraction of sp³-hybridized carbons (Fsp3) is 0.276. The average Bonchev–Trinajstić information content (AvgIpc) is 3.46. The Kier molecular flexibility index (Phi) is 8.43. The highest BCUT2D eigenvalue weighted by Crippen LogP contribution is 2.33. The minimum atomic E-state index is -3.98. The average molecular weight is 582 g/mol. The molecule has 2 heterocycles. The van der Waals surface area contributed by atoms with Gasteiger partial charge in [0.2, 0.25) is 10.0 Å². The van der Waals surface area contributed by atoms with Crippen molar-refractivity contribution in [2.45, 2.75) is 17.4 Å². The minimum absolute atomic E-state index is 0.144. The molecule has 1 fully saturated rings. The quantitative estimate of drug-likeness (QED) is 0.375. The second-order valence-electron chi connectivity index (χ2n) is 9.38. The molecule has 0 radical (unpaired) electrons. The zero-order chi connectivity index (χ0) is 29.0. The number of carbonyl (C=O) groups excluding carboxylic acids is 2. The standard InChI is InChI=1S/C29H28FN3O7S/c1-38-22-9-7-21(8-10-22)27-18-26(20-5-3-2-4-6-20)31-33(27)28(34)19-40-29(35)24-17-23(11-12-25(24)30)41(36,37)32-13-15-39-16-14-32/h2-12,17,27H,13-16,18-19H2,1H3/t27-/m1/s1. The largest absolute Gasteiger partial charge is 0.497 e. The van der Waals surface area contributed by atoms with Crippen molar-refractivity contribution in [3.63, 3.8) is 0 Å². The molecule has 0 bridgehead atoms. The summed E-state index contributed by atoms with van der Waals surface area (Å²) in [7, 11) is -2.42. The van der Waals surface area contributed by atoms with Gasteiger partial charge in [0.05, 0.1) is 42.5 Å². The lowest BCUT2D eigenvalue weighted by Crippen LogP contribution is -2.40. The normalized spacial score (nSPS) is 17.7. The summed E-state index contributed by atoms with van der Waals surface area (Å²) < 4.78 is 57.4. The molecule has 0 spiro atoms. The van der Waals surface area contributed by atoms with Gasteiger partial charge in [-0.2, -0.15) is 9.41 Å². The molecule has 5 rings (SSSR count). The maximum atomic E-state index is 14.6. The molecule has 1 saturated heterocycles. The van der Waals surface area contributed by atoms with Crippen molar-refractivity contribution in [2.24, 2.45) is 5.10 Å². The van der Waals surface area contributed by atoms with E-state index in [1.807, 2.05) is 42.5 Å². The van der Waals surface area contributed by atoms with E-state index >= 15 is 0 Å². The monoisotopic (exact) mass is 581 g/mol. The highest BCUT2D eigenvalue weighted by Gasteiger charge is 2.34. The molecule has 3 aromatic carbocycles. The van der Waals surface area contributed by atoms with E-state index in [4.69, 9.17) is 14.2 Å². The first-order valence-electron chi connectivity index (χ1n) is 12.9. The predicted octanol–water partition coefficient (Wildman–Crippen LogP) is 3.39. The predicted molar refractivity (Wildman–Crippen MR) is 146 cm³/mol. The summed E-state index contributed by atoms with van der Waals surface area (Å²) in [5, 5.41) is 5.79. The number of esters is 1. The molecule has 41 heavy (non-hydrogen) atoms. The van der Waals surface area contributed by atoms with Crippen LogP contribution in [0.15, 0.2) is 82.8 Å². The number of hydrogen-bond acceptors (Lipinski definition) is 8. The van der Waals surface area contributed by atoms with E-state index in [1.165, 1.54) is 9.31 Å². The highest BCUT2D eigenvalue weighted by atomic mass is 32.2. The molecule has 0 aliphatic carbocycles. The lowest BCUT2D eigenvalue weighted by molar-refractivity contribution is -0.136. The van der Waals surface area contributed by atoms with Crippen LogP contribution in [0, 0.1) is 5.82 Å². The number of sulfonamides is 1. The lowest BCUT2D eigenvalue weighted by atomic mass is 9.98. The third kappa shape index (κ3) is 6.14. The molecule has 0 saturated carbocycles. The van der Waals surface area contributed by atoms with Gasteiger partial charge in [0.1, 0.15) is 11.6 Å². The van der Waals surface area contributed by atoms with Gasteiger partial charge in [-0.25, -0.2) is 22.6 Å². The molecule has 1 atom stereocenters. The molecule has 2 aliphatic rings. The number of methoxy groups -OCH3 is 1. The van der Waals surface area contributed by atoms with Crippen molar-refractivity contribution < 1.29 is 36.6 Å². The van der Waals surface area contributed by atoms with Crippen molar-refractivity contribution in [2.75, 3.05) is 40.0 Å². The van der Waals surface area contributed by atoms with E-state index in [-0.39, 0.29) is 31.2 Å². The van der Waals surface area contributed by atoms with Crippen molar-refractivity contribution in [1.29, 1.82) is 0 Å². The molecule has 0 aromatic heterocycles. The summed E-state index contributed by atoms with van der Waals surface area (Å²) in [4.78, 5) is 25.9. The topological polar surface area (TPSA) is 115 Å². The number of amides is 1. The molecule has 10 nitrogen and oxygen atoms in total. The van der Waals surface area contributed by atoms with Crippen LogP contribution in [0.1, 0.15) is 33.9 Å². The molecular formula is C29H28FN3O7S. The Morgan fingerprint density at radius 3 is 2.41 bits per heavy atom. The SMILES string of the molecule is COc1ccc([C@H]2CC(c3ccccc3)=NN2C(=O)COC(=O)c2cc(S(=O)(=O)N3CCOCC3)ccc2F)cc1. The number of rotatable bonds is 8. The Morgan fingerprint density at radius 2 is 1.73 bits per heavy atom. The van der Waals surface area contributed by atoms with E-state index in [1.54, 1.807) is 19.2 Å². The van der Waals surface area contributed by atoms with Crippen molar-refractivity contribution in [3.8, 4) is 5.75 Å². The fourth-order valence-corrected chi connectivity index (χ4v) is 6.09. The molecule has 0 N–H and O–H groups in total. The summed E-state index contributed by atoms with van der Waals surface area (Å²) in [6, 6.07) is 19.0. The van der Waals surface area contributed by atoms with Gasteiger partial charge in [-0.15, -0.1) is 0 Å². The van der Waals surface area contributed by atoms with Crippen molar-refractivity contribution in [1.82, 2.24) is 9.31 Å². The van der Waals surface area contributed by atoms with Crippen molar-refractivity contribution in [3.05, 3.63) is 95.3 Å². The highest BCUT2D eigenvalue weighted by molar-refractivity contribution is 7.89. The number of benzene rings is 3. The van der Waals surface area contributed by atoms with Gasteiger partial charge in [0.15, 0.2) is 6.61 Å². The minimum Gasteiger partial charge on any atom is -0.497 e. The van der Waals surface area contributed by atoms with Gasteiger partial charge >= 0.3 is 5.97 Å². The Hall–Kier alpha value is -4.13. The van der Waals surface area contributed by atoms with E-state index in [0.717, 1.165) is 29.3 Å². The Bertz CT molecular complexity index is 1560. The van der Waals surface area contributed by atoms with Crippen LogP contribution in [0.25, 0.3) is 0 Å². The van der Waals surface area contributed by atoms with E-state index in [0.29, 0.717) is 17.9 Å². The van der Waals surface area contributed by atoms with Crippen LogP contribution in [0.4, 0.5) is 4.39 Å². The van der Waals surface area contributed by atoms with Crippen LogP contribution in [-0.2, 0) is 24.3 Å². The number of hydrogen-bond donors (Lipinski definition) is 0. The third-order valence-corrected chi connectivity index (χ3v) is 8.76. The number of halogens is 1. The van der Waals surface area contributed by atoms with Crippen LogP contribution >= 0.6 is 0 Å². The Morgan fingerprint density at radius 1 is 1.02 bits per heavy atom. The number of nitrogens with zero attached hydrogens (tertiary/aromatic N) is 3. The molecule has 3 aromatic rings. The zero-order valence-corrected chi connectivity index (χ0v) is 23.1.